The molecular formula is C23H25Cl2N3Zr. The van der Waals surface area contributed by atoms with E-state index in [1.807, 2.05) is 30.3 Å². The summed E-state index contributed by atoms with van der Waals surface area (Å²) in [6.45, 7) is 9.62. The van der Waals surface area contributed by atoms with Gasteiger partial charge in [-0.1, -0.05) is 66.7 Å². The molecule has 3 nitrogen and oxygen atoms in total. The van der Waals surface area contributed by atoms with Gasteiger partial charge in [-0.25, -0.2) is 0 Å². The molecule has 0 amide bonds. The zero-order valence-corrected chi connectivity index (χ0v) is 21.2. The van der Waals surface area contributed by atoms with E-state index in [1.54, 1.807) is 0 Å². The zero-order chi connectivity index (χ0) is 21.2. The molecule has 0 saturated carbocycles. The molecule has 0 bridgehead atoms. The van der Waals surface area contributed by atoms with Crippen LogP contribution in [0.3, 0.4) is 0 Å². The molecule has 0 unspecified atom stereocenters. The summed E-state index contributed by atoms with van der Waals surface area (Å²) in [7, 11) is 9.87. The first kappa shape index (κ1) is 23.9. The number of nitrogens with zero attached hydrogens (tertiary/aromatic N) is 3. The van der Waals surface area contributed by atoms with Crippen molar-refractivity contribution in [3.05, 3.63) is 98.9 Å². The molecular weight excluding hydrogens is 480 g/mol. The van der Waals surface area contributed by atoms with Crippen LogP contribution in [0.25, 0.3) is 10.6 Å². The molecule has 0 atom stereocenters. The predicted molar refractivity (Wildman–Crippen MR) is 121 cm³/mol. The molecule has 0 aliphatic heterocycles. The van der Waals surface area contributed by atoms with Crippen LogP contribution < -0.4 is 0 Å². The van der Waals surface area contributed by atoms with E-state index >= 15 is 0 Å². The number of pyridine rings is 1. The van der Waals surface area contributed by atoms with Crippen LogP contribution in [0.15, 0.2) is 54.6 Å². The molecule has 150 valence electrons. The van der Waals surface area contributed by atoms with Crippen LogP contribution in [0, 0.1) is 27.7 Å². The Morgan fingerprint density at radius 2 is 1.07 bits per heavy atom. The van der Waals surface area contributed by atoms with Crippen molar-refractivity contribution >= 4 is 28.4 Å². The zero-order valence-electron chi connectivity index (χ0n) is 17.2. The average molecular weight is 506 g/mol. The summed E-state index contributed by atoms with van der Waals surface area (Å²) >= 11 is -0.826. The second kappa shape index (κ2) is 12.4. The predicted octanol–water partition coefficient (Wildman–Crippen LogP) is 8.10. The Hall–Kier alpha value is -1.35. The maximum absolute atomic E-state index is 4.93. The Morgan fingerprint density at radius 3 is 1.48 bits per heavy atom. The Labute approximate surface area is 192 Å². The molecule has 2 aromatic carbocycles. The SMILES string of the molecule is Cc1cccc([N-]Cc2cccc(C[N-]c3cccc(C)c3C)n2)c1C.[Cl][Zr+2][Cl]. The second-order valence-electron chi connectivity index (χ2n) is 6.76. The molecule has 0 saturated heterocycles. The quantitative estimate of drug-likeness (QED) is 0.334. The van der Waals surface area contributed by atoms with Crippen LogP contribution in [0.5, 0.6) is 0 Å². The molecule has 0 fully saturated rings. The number of hydrogen-bond acceptors (Lipinski definition) is 1. The molecule has 0 radical (unpaired) electrons. The van der Waals surface area contributed by atoms with Crippen LogP contribution in [-0.4, -0.2) is 4.98 Å². The number of aryl methyl sites for hydroxylation is 2. The van der Waals surface area contributed by atoms with E-state index in [0.29, 0.717) is 13.1 Å². The Morgan fingerprint density at radius 1 is 0.690 bits per heavy atom. The van der Waals surface area contributed by atoms with E-state index in [4.69, 9.17) is 32.6 Å². The number of halogens is 2. The average Bonchev–Trinajstić information content (AvgIpc) is 2.71. The van der Waals surface area contributed by atoms with E-state index < -0.39 is 20.8 Å². The van der Waals surface area contributed by atoms with Crippen molar-refractivity contribution in [2.75, 3.05) is 0 Å². The summed E-state index contributed by atoms with van der Waals surface area (Å²) in [5.74, 6) is 0. The van der Waals surface area contributed by atoms with Crippen molar-refractivity contribution in [1.82, 2.24) is 4.98 Å². The van der Waals surface area contributed by atoms with Crippen molar-refractivity contribution in [1.29, 1.82) is 0 Å². The fourth-order valence-electron chi connectivity index (χ4n) is 2.85. The van der Waals surface area contributed by atoms with Crippen molar-refractivity contribution in [2.45, 2.75) is 40.8 Å². The van der Waals surface area contributed by atoms with Crippen molar-refractivity contribution in [3.63, 3.8) is 0 Å². The van der Waals surface area contributed by atoms with Crippen LogP contribution in [0.4, 0.5) is 11.4 Å². The standard InChI is InChI=1S/C23H25N3.2ClH.Zr/c1-16-8-5-12-22(18(16)3)24-14-20-10-7-11-21(26-20)15-25-23-13-6-9-17(2)19(23)4;;;/h5-13H,14-15H2,1-4H3;2*1H;/q-2;;;+4/p-2. The summed E-state index contributed by atoms with van der Waals surface area (Å²) in [6.07, 6.45) is 0. The monoisotopic (exact) mass is 503 g/mol. The summed E-state index contributed by atoms with van der Waals surface area (Å²) < 4.78 is 0. The molecule has 0 N–H and O–H groups in total. The molecule has 1 heterocycles. The Balaban J connectivity index is 0.000000941. The minimum absolute atomic E-state index is 0.585. The van der Waals surface area contributed by atoms with E-state index in [9.17, 15) is 0 Å². The fraction of sp³-hybridized carbons (Fsp3) is 0.261. The summed E-state index contributed by atoms with van der Waals surface area (Å²) in [6, 6.07) is 18.5. The van der Waals surface area contributed by atoms with Gasteiger partial charge < -0.3 is 10.6 Å². The molecule has 0 aliphatic carbocycles. The van der Waals surface area contributed by atoms with Crippen LogP contribution in [0.2, 0.25) is 0 Å². The van der Waals surface area contributed by atoms with E-state index in [-0.39, 0.29) is 0 Å². The van der Waals surface area contributed by atoms with Crippen molar-refractivity contribution in [2.24, 2.45) is 0 Å². The van der Waals surface area contributed by atoms with Gasteiger partial charge in [0.25, 0.3) is 0 Å². The van der Waals surface area contributed by atoms with Gasteiger partial charge in [0.05, 0.1) is 0 Å². The third-order valence-corrected chi connectivity index (χ3v) is 4.84. The Bertz CT molecular complexity index is 861. The van der Waals surface area contributed by atoms with E-state index in [2.05, 4.69) is 52.0 Å². The van der Waals surface area contributed by atoms with Gasteiger partial charge in [0.2, 0.25) is 0 Å². The molecule has 1 aromatic heterocycles. The summed E-state index contributed by atoms with van der Waals surface area (Å²) in [5, 5.41) is 9.46. The number of benzene rings is 2. The third kappa shape index (κ3) is 7.44. The first-order valence-corrected chi connectivity index (χ1v) is 15.7. The van der Waals surface area contributed by atoms with Gasteiger partial charge in [0.1, 0.15) is 0 Å². The first-order chi connectivity index (χ1) is 14.0. The van der Waals surface area contributed by atoms with E-state index in [0.717, 1.165) is 22.8 Å². The number of rotatable bonds is 6. The van der Waals surface area contributed by atoms with Gasteiger partial charge in [0, 0.05) is 11.4 Å². The molecule has 0 spiro atoms. The first-order valence-electron chi connectivity index (χ1n) is 9.34. The molecule has 3 rings (SSSR count). The van der Waals surface area contributed by atoms with E-state index in [1.165, 1.54) is 22.3 Å². The van der Waals surface area contributed by atoms with Gasteiger partial charge in [-0.15, -0.1) is 11.4 Å². The summed E-state index contributed by atoms with van der Waals surface area (Å²) in [5.41, 5.74) is 9.01. The number of aromatic nitrogens is 1. The number of hydrogen-bond donors (Lipinski definition) is 0. The van der Waals surface area contributed by atoms with Crippen LogP contribution in [-0.2, 0) is 33.9 Å². The maximum atomic E-state index is 4.93. The molecule has 3 aromatic rings. The van der Waals surface area contributed by atoms with Crippen molar-refractivity contribution < 1.29 is 20.8 Å². The Kier molecular flexibility index (Phi) is 10.2. The minimum atomic E-state index is -0.826. The van der Waals surface area contributed by atoms with Crippen LogP contribution in [0.1, 0.15) is 33.6 Å². The van der Waals surface area contributed by atoms with Gasteiger partial charge in [0.15, 0.2) is 0 Å². The van der Waals surface area contributed by atoms with Gasteiger partial charge in [-0.05, 0) is 51.0 Å². The van der Waals surface area contributed by atoms with Crippen LogP contribution >= 0.6 is 17.0 Å². The second-order valence-corrected chi connectivity index (χ2v) is 10.5. The molecule has 29 heavy (non-hydrogen) atoms. The van der Waals surface area contributed by atoms with Gasteiger partial charge in [-0.3, -0.25) is 4.98 Å². The van der Waals surface area contributed by atoms with Crippen molar-refractivity contribution in [3.8, 4) is 0 Å². The summed E-state index contributed by atoms with van der Waals surface area (Å²) in [4.78, 5) is 4.72. The third-order valence-electron chi connectivity index (χ3n) is 4.84. The van der Waals surface area contributed by atoms with Gasteiger partial charge >= 0.3 is 37.9 Å². The topological polar surface area (TPSA) is 41.1 Å². The van der Waals surface area contributed by atoms with Gasteiger partial charge in [-0.2, -0.15) is 0 Å². The molecule has 6 heteroatoms. The normalized spacial score (nSPS) is 9.86. The molecule has 0 aliphatic rings. The fourth-order valence-corrected chi connectivity index (χ4v) is 2.85.